The molecule has 1 unspecified atom stereocenters. The van der Waals surface area contributed by atoms with Crippen molar-refractivity contribution in [3.05, 3.63) is 53.9 Å². The normalized spacial score (nSPS) is 24.5. The first-order chi connectivity index (χ1) is 12.7. The van der Waals surface area contributed by atoms with Gasteiger partial charge < -0.3 is 15.0 Å². The van der Waals surface area contributed by atoms with E-state index in [4.69, 9.17) is 4.74 Å². The summed E-state index contributed by atoms with van der Waals surface area (Å²) < 4.78 is 32.4. The first kappa shape index (κ1) is 17.3. The van der Waals surface area contributed by atoms with E-state index in [1.807, 2.05) is 0 Å². The summed E-state index contributed by atoms with van der Waals surface area (Å²) in [5.74, 6) is -0.251. The first-order valence-electron chi connectivity index (χ1n) is 9.36. The highest BCUT2D eigenvalue weighted by Crippen LogP contribution is 2.26. The molecule has 4 rings (SSSR count). The number of hydrogen-bond donors (Lipinski definition) is 1. The number of benzene rings is 1. The standard InChI is InChI=1S/C20H24F2N3O/c21-15-12-16(22)14-18(13-15)26-20-7-2-6-19(23-20)25-9-3-8-24(10-11-25)17-4-1-5-17/h2,7,12-14,17,20,23H,1,3-5,8-11H2. The van der Waals surface area contributed by atoms with Crippen LogP contribution in [0.15, 0.2) is 36.2 Å². The number of dihydropyridines is 1. The van der Waals surface area contributed by atoms with E-state index in [-0.39, 0.29) is 5.75 Å². The Morgan fingerprint density at radius 1 is 1.00 bits per heavy atom. The lowest BCUT2D eigenvalue weighted by molar-refractivity contribution is 0.131. The van der Waals surface area contributed by atoms with Gasteiger partial charge in [-0.25, -0.2) is 8.78 Å². The van der Waals surface area contributed by atoms with Gasteiger partial charge in [0.05, 0.1) is 0 Å². The molecule has 1 aromatic carbocycles. The average molecular weight is 360 g/mol. The maximum absolute atomic E-state index is 13.3. The molecule has 1 N–H and O–H groups in total. The molecule has 1 saturated heterocycles. The number of allylic oxidation sites excluding steroid dienone is 2. The summed E-state index contributed by atoms with van der Waals surface area (Å²) in [4.78, 5) is 4.89. The maximum Gasteiger partial charge on any atom is 0.190 e. The lowest BCUT2D eigenvalue weighted by Crippen LogP contribution is -2.44. The second kappa shape index (κ2) is 7.66. The minimum absolute atomic E-state index is 0.165. The Balaban J connectivity index is 1.36. The molecular formula is C20H24F2N3O. The van der Waals surface area contributed by atoms with Gasteiger partial charge in [0.15, 0.2) is 6.23 Å². The van der Waals surface area contributed by atoms with Gasteiger partial charge >= 0.3 is 0 Å². The highest BCUT2D eigenvalue weighted by Gasteiger charge is 2.27. The zero-order valence-corrected chi connectivity index (χ0v) is 14.8. The van der Waals surface area contributed by atoms with Crippen molar-refractivity contribution in [2.45, 2.75) is 38.0 Å². The minimum atomic E-state index is -0.647. The van der Waals surface area contributed by atoms with Gasteiger partial charge in [-0.1, -0.05) is 6.42 Å². The molecule has 1 aromatic rings. The highest BCUT2D eigenvalue weighted by atomic mass is 19.1. The van der Waals surface area contributed by atoms with Crippen LogP contribution in [0.4, 0.5) is 8.78 Å². The summed E-state index contributed by atoms with van der Waals surface area (Å²) in [7, 11) is 0. The molecule has 26 heavy (non-hydrogen) atoms. The van der Waals surface area contributed by atoms with Crippen LogP contribution in [0, 0.1) is 17.7 Å². The third-order valence-electron chi connectivity index (χ3n) is 5.31. The molecule has 1 atom stereocenters. The molecule has 0 bridgehead atoms. The predicted octanol–water partition coefficient (Wildman–Crippen LogP) is 3.03. The van der Waals surface area contributed by atoms with Gasteiger partial charge in [-0.3, -0.25) is 4.90 Å². The largest absolute Gasteiger partial charge is 0.467 e. The Morgan fingerprint density at radius 3 is 2.54 bits per heavy atom. The van der Waals surface area contributed by atoms with Crippen LogP contribution >= 0.6 is 0 Å². The van der Waals surface area contributed by atoms with Crippen LogP contribution in [-0.2, 0) is 0 Å². The lowest BCUT2D eigenvalue weighted by Gasteiger charge is -2.37. The van der Waals surface area contributed by atoms with Crippen molar-refractivity contribution in [1.29, 1.82) is 0 Å². The molecule has 0 aromatic heterocycles. The van der Waals surface area contributed by atoms with Gasteiger partial charge in [0, 0.05) is 56.5 Å². The van der Waals surface area contributed by atoms with Crippen molar-refractivity contribution in [3.63, 3.8) is 0 Å². The zero-order chi connectivity index (χ0) is 17.9. The number of nitrogens with zero attached hydrogens (tertiary/aromatic N) is 2. The van der Waals surface area contributed by atoms with Gasteiger partial charge in [-0.15, -0.1) is 0 Å². The average Bonchev–Trinajstić information content (AvgIpc) is 2.79. The molecule has 139 valence electrons. The second-order valence-electron chi connectivity index (χ2n) is 7.10. The van der Waals surface area contributed by atoms with Crippen LogP contribution in [0.25, 0.3) is 0 Å². The second-order valence-corrected chi connectivity index (χ2v) is 7.10. The van der Waals surface area contributed by atoms with E-state index in [2.05, 4.69) is 21.2 Å². The Kier molecular flexibility index (Phi) is 5.11. The van der Waals surface area contributed by atoms with Crippen LogP contribution in [0.2, 0.25) is 0 Å². The number of rotatable bonds is 4. The summed E-state index contributed by atoms with van der Waals surface area (Å²) >= 11 is 0. The highest BCUT2D eigenvalue weighted by molar-refractivity contribution is 5.25. The third-order valence-corrected chi connectivity index (χ3v) is 5.31. The van der Waals surface area contributed by atoms with Gasteiger partial charge in [-0.2, -0.15) is 0 Å². The zero-order valence-electron chi connectivity index (χ0n) is 14.8. The molecule has 2 fully saturated rings. The summed E-state index contributed by atoms with van der Waals surface area (Å²) in [6, 6.07) is 3.97. The van der Waals surface area contributed by atoms with Crippen LogP contribution in [0.1, 0.15) is 25.7 Å². The van der Waals surface area contributed by atoms with Crippen LogP contribution in [0.5, 0.6) is 5.75 Å². The smallest absolute Gasteiger partial charge is 0.190 e. The molecule has 1 radical (unpaired) electrons. The molecule has 2 heterocycles. The summed E-state index contributed by atoms with van der Waals surface area (Å²) in [6.07, 6.45) is 11.5. The quantitative estimate of drug-likeness (QED) is 0.893. The summed E-state index contributed by atoms with van der Waals surface area (Å²) in [5, 5.41) is 3.27. The van der Waals surface area contributed by atoms with Crippen LogP contribution < -0.4 is 10.1 Å². The molecule has 4 nitrogen and oxygen atoms in total. The molecule has 1 saturated carbocycles. The molecule has 1 aliphatic carbocycles. The molecular weight excluding hydrogens is 336 g/mol. The van der Waals surface area contributed by atoms with Gasteiger partial charge in [0.2, 0.25) is 0 Å². The number of hydrogen-bond acceptors (Lipinski definition) is 4. The molecule has 0 spiro atoms. The number of halogens is 2. The Hall–Kier alpha value is -2.08. The first-order valence-corrected chi connectivity index (χ1v) is 9.36. The lowest BCUT2D eigenvalue weighted by atomic mass is 9.91. The van der Waals surface area contributed by atoms with E-state index in [1.165, 1.54) is 31.4 Å². The minimum Gasteiger partial charge on any atom is -0.467 e. The Labute approximate surface area is 153 Å². The SMILES string of the molecule is Fc1cc(F)cc(OC2C=C[C]=C(N3CCCN(C4CCC4)CC3)N2)c1. The monoisotopic (exact) mass is 360 g/mol. The fourth-order valence-electron chi connectivity index (χ4n) is 3.71. The van der Waals surface area contributed by atoms with Crippen LogP contribution in [-0.4, -0.2) is 48.2 Å². The van der Waals surface area contributed by atoms with Crippen molar-refractivity contribution in [2.24, 2.45) is 0 Å². The van der Waals surface area contributed by atoms with E-state index in [9.17, 15) is 8.78 Å². The number of nitrogens with one attached hydrogen (secondary N) is 1. The maximum atomic E-state index is 13.3. The van der Waals surface area contributed by atoms with E-state index in [0.29, 0.717) is 0 Å². The van der Waals surface area contributed by atoms with E-state index in [0.717, 1.165) is 50.5 Å². The van der Waals surface area contributed by atoms with Crippen molar-refractivity contribution in [2.75, 3.05) is 26.2 Å². The van der Waals surface area contributed by atoms with Crippen molar-refractivity contribution < 1.29 is 13.5 Å². The van der Waals surface area contributed by atoms with E-state index >= 15 is 0 Å². The van der Waals surface area contributed by atoms with Crippen LogP contribution in [0.3, 0.4) is 0 Å². The van der Waals surface area contributed by atoms with Crippen molar-refractivity contribution in [1.82, 2.24) is 15.1 Å². The molecule has 2 aliphatic heterocycles. The van der Waals surface area contributed by atoms with Gasteiger partial charge in [0.1, 0.15) is 23.2 Å². The van der Waals surface area contributed by atoms with Gasteiger partial charge in [-0.05, 0) is 31.4 Å². The van der Waals surface area contributed by atoms with Gasteiger partial charge in [0.25, 0.3) is 0 Å². The summed E-state index contributed by atoms with van der Waals surface area (Å²) in [6.45, 7) is 4.11. The number of ether oxygens (including phenoxy) is 1. The van der Waals surface area contributed by atoms with Crippen molar-refractivity contribution >= 4 is 0 Å². The third kappa shape index (κ3) is 4.01. The Bertz CT molecular complexity index is 682. The fourth-order valence-corrected chi connectivity index (χ4v) is 3.71. The molecule has 6 heteroatoms. The summed E-state index contributed by atoms with van der Waals surface area (Å²) in [5.41, 5.74) is 0. The molecule has 3 aliphatic rings. The molecule has 0 amide bonds. The fraction of sp³-hybridized carbons (Fsp3) is 0.500. The topological polar surface area (TPSA) is 27.7 Å². The Morgan fingerprint density at radius 2 is 1.81 bits per heavy atom. The predicted molar refractivity (Wildman–Crippen MR) is 95.2 cm³/mol. The van der Waals surface area contributed by atoms with E-state index in [1.54, 1.807) is 12.2 Å². The van der Waals surface area contributed by atoms with E-state index < -0.39 is 17.9 Å². The van der Waals surface area contributed by atoms with Crippen molar-refractivity contribution in [3.8, 4) is 5.75 Å².